The SMILES string of the molecule is COc1ccc(CNc2ccc(C(=O)Nc3ccccc3C#N)nc2)cc1OC. The molecule has 0 atom stereocenters. The molecular weight excluding hydrogens is 368 g/mol. The fourth-order valence-electron chi connectivity index (χ4n) is 2.70. The number of para-hydroxylation sites is 1. The Kier molecular flexibility index (Phi) is 6.28. The van der Waals surface area contributed by atoms with Crippen LogP contribution in [0.25, 0.3) is 0 Å². The zero-order chi connectivity index (χ0) is 20.6. The number of rotatable bonds is 7. The van der Waals surface area contributed by atoms with Gasteiger partial charge in [0, 0.05) is 6.54 Å². The van der Waals surface area contributed by atoms with Crippen molar-refractivity contribution in [2.45, 2.75) is 6.54 Å². The first-order valence-corrected chi connectivity index (χ1v) is 8.86. The van der Waals surface area contributed by atoms with Crippen LogP contribution in [0.2, 0.25) is 0 Å². The van der Waals surface area contributed by atoms with Crippen LogP contribution < -0.4 is 20.1 Å². The van der Waals surface area contributed by atoms with Gasteiger partial charge in [-0.2, -0.15) is 5.26 Å². The van der Waals surface area contributed by atoms with E-state index >= 15 is 0 Å². The number of ether oxygens (including phenoxy) is 2. The largest absolute Gasteiger partial charge is 0.493 e. The zero-order valence-electron chi connectivity index (χ0n) is 16.1. The Morgan fingerprint density at radius 1 is 1.07 bits per heavy atom. The summed E-state index contributed by atoms with van der Waals surface area (Å²) in [7, 11) is 3.19. The molecule has 0 saturated carbocycles. The minimum Gasteiger partial charge on any atom is -0.493 e. The normalized spacial score (nSPS) is 9.97. The van der Waals surface area contributed by atoms with Crippen molar-refractivity contribution in [3.8, 4) is 17.6 Å². The number of aromatic nitrogens is 1. The van der Waals surface area contributed by atoms with Gasteiger partial charge >= 0.3 is 0 Å². The molecule has 0 saturated heterocycles. The third-order valence-electron chi connectivity index (χ3n) is 4.24. The van der Waals surface area contributed by atoms with Crippen LogP contribution >= 0.6 is 0 Å². The van der Waals surface area contributed by atoms with Gasteiger partial charge in [-0.05, 0) is 42.0 Å². The summed E-state index contributed by atoms with van der Waals surface area (Å²) in [5.41, 5.74) is 2.90. The van der Waals surface area contributed by atoms with Crippen molar-refractivity contribution in [1.29, 1.82) is 5.26 Å². The number of nitrogens with one attached hydrogen (secondary N) is 2. The van der Waals surface area contributed by atoms with Crippen molar-refractivity contribution in [1.82, 2.24) is 4.98 Å². The number of carbonyl (C=O) groups is 1. The van der Waals surface area contributed by atoms with E-state index in [0.29, 0.717) is 29.3 Å². The van der Waals surface area contributed by atoms with Crippen molar-refractivity contribution in [2.75, 3.05) is 24.9 Å². The standard InChI is InChI=1S/C22H20N4O3/c1-28-20-10-7-15(11-21(20)29-2)13-24-17-8-9-19(25-14-17)22(27)26-18-6-4-3-5-16(18)12-23/h3-11,14,24H,13H2,1-2H3,(H,26,27). The van der Waals surface area contributed by atoms with Crippen LogP contribution in [0.3, 0.4) is 0 Å². The molecule has 0 bridgehead atoms. The summed E-state index contributed by atoms with van der Waals surface area (Å²) in [4.78, 5) is 16.6. The lowest BCUT2D eigenvalue weighted by Gasteiger charge is -2.11. The highest BCUT2D eigenvalue weighted by Gasteiger charge is 2.10. The lowest BCUT2D eigenvalue weighted by atomic mass is 10.2. The summed E-state index contributed by atoms with van der Waals surface area (Å²) >= 11 is 0. The maximum Gasteiger partial charge on any atom is 0.274 e. The maximum absolute atomic E-state index is 12.4. The monoisotopic (exact) mass is 388 g/mol. The molecule has 0 spiro atoms. The van der Waals surface area contributed by atoms with Crippen molar-refractivity contribution in [3.05, 3.63) is 77.6 Å². The van der Waals surface area contributed by atoms with Gasteiger partial charge in [0.15, 0.2) is 11.5 Å². The summed E-state index contributed by atoms with van der Waals surface area (Å²) in [5.74, 6) is 0.958. The van der Waals surface area contributed by atoms with E-state index in [9.17, 15) is 4.79 Å². The molecule has 2 N–H and O–H groups in total. The fraction of sp³-hybridized carbons (Fsp3) is 0.136. The molecule has 2 aromatic carbocycles. The molecule has 0 fully saturated rings. The molecule has 7 nitrogen and oxygen atoms in total. The van der Waals surface area contributed by atoms with E-state index in [4.69, 9.17) is 14.7 Å². The van der Waals surface area contributed by atoms with Gasteiger partial charge in [-0.25, -0.2) is 4.98 Å². The number of carbonyl (C=O) groups excluding carboxylic acids is 1. The first-order valence-electron chi connectivity index (χ1n) is 8.86. The summed E-state index contributed by atoms with van der Waals surface area (Å²) < 4.78 is 10.5. The highest BCUT2D eigenvalue weighted by molar-refractivity contribution is 6.03. The van der Waals surface area contributed by atoms with E-state index in [-0.39, 0.29) is 11.6 Å². The number of methoxy groups -OCH3 is 2. The van der Waals surface area contributed by atoms with Crippen LogP contribution in [0, 0.1) is 11.3 Å². The molecule has 1 heterocycles. The van der Waals surface area contributed by atoms with Gasteiger partial charge in [0.1, 0.15) is 11.8 Å². The topological polar surface area (TPSA) is 96.3 Å². The Morgan fingerprint density at radius 2 is 1.86 bits per heavy atom. The van der Waals surface area contributed by atoms with Crippen LogP contribution in [0.4, 0.5) is 11.4 Å². The smallest absolute Gasteiger partial charge is 0.274 e. The first kappa shape index (κ1) is 19.7. The predicted octanol–water partition coefficient (Wildman–Crippen LogP) is 3.83. The van der Waals surface area contributed by atoms with E-state index < -0.39 is 0 Å². The molecule has 0 aliphatic rings. The second-order valence-electron chi connectivity index (χ2n) is 6.09. The predicted molar refractivity (Wildman–Crippen MR) is 110 cm³/mol. The maximum atomic E-state index is 12.4. The van der Waals surface area contributed by atoms with Crippen LogP contribution in [0.5, 0.6) is 11.5 Å². The number of hydrogen-bond donors (Lipinski definition) is 2. The van der Waals surface area contributed by atoms with Crippen molar-refractivity contribution >= 4 is 17.3 Å². The van der Waals surface area contributed by atoms with E-state index in [1.54, 1.807) is 56.8 Å². The Bertz CT molecular complexity index is 1040. The lowest BCUT2D eigenvalue weighted by molar-refractivity contribution is 0.102. The molecule has 0 unspecified atom stereocenters. The summed E-state index contributed by atoms with van der Waals surface area (Å²) in [6.45, 7) is 0.559. The lowest BCUT2D eigenvalue weighted by Crippen LogP contribution is -2.14. The van der Waals surface area contributed by atoms with Gasteiger partial charge in [0.05, 0.1) is 37.4 Å². The number of anilines is 2. The Balaban J connectivity index is 1.63. The molecule has 3 aromatic rings. The average Bonchev–Trinajstić information content (AvgIpc) is 2.78. The molecule has 0 aliphatic heterocycles. The van der Waals surface area contributed by atoms with Gasteiger partial charge in [0.2, 0.25) is 0 Å². The fourth-order valence-corrected chi connectivity index (χ4v) is 2.70. The molecule has 3 rings (SSSR count). The number of nitriles is 1. The summed E-state index contributed by atoms with van der Waals surface area (Å²) in [6, 6.07) is 18.0. The quantitative estimate of drug-likeness (QED) is 0.638. The van der Waals surface area contributed by atoms with Crippen LogP contribution in [-0.4, -0.2) is 25.1 Å². The van der Waals surface area contributed by atoms with Crippen LogP contribution in [0.15, 0.2) is 60.8 Å². The molecular formula is C22H20N4O3. The zero-order valence-corrected chi connectivity index (χ0v) is 16.1. The van der Waals surface area contributed by atoms with Crippen molar-refractivity contribution < 1.29 is 14.3 Å². The highest BCUT2D eigenvalue weighted by atomic mass is 16.5. The first-order chi connectivity index (χ1) is 14.1. The second-order valence-corrected chi connectivity index (χ2v) is 6.09. The molecule has 7 heteroatoms. The van der Waals surface area contributed by atoms with Crippen LogP contribution in [-0.2, 0) is 6.54 Å². The van der Waals surface area contributed by atoms with E-state index in [2.05, 4.69) is 15.6 Å². The average molecular weight is 388 g/mol. The molecule has 0 radical (unpaired) electrons. The minimum atomic E-state index is -0.376. The third-order valence-corrected chi connectivity index (χ3v) is 4.24. The molecule has 29 heavy (non-hydrogen) atoms. The Labute approximate surface area is 168 Å². The van der Waals surface area contributed by atoms with Crippen LogP contribution in [0.1, 0.15) is 21.6 Å². The number of nitrogens with zero attached hydrogens (tertiary/aromatic N) is 2. The van der Waals surface area contributed by atoms with E-state index in [0.717, 1.165) is 11.3 Å². The number of amides is 1. The van der Waals surface area contributed by atoms with Gasteiger partial charge < -0.3 is 20.1 Å². The third kappa shape index (κ3) is 4.82. The number of benzene rings is 2. The molecule has 1 aromatic heterocycles. The van der Waals surface area contributed by atoms with Gasteiger partial charge in [-0.15, -0.1) is 0 Å². The Morgan fingerprint density at radius 3 is 2.55 bits per heavy atom. The van der Waals surface area contributed by atoms with Gasteiger partial charge in [-0.1, -0.05) is 18.2 Å². The molecule has 0 aliphatic carbocycles. The van der Waals surface area contributed by atoms with E-state index in [1.165, 1.54) is 0 Å². The number of pyridine rings is 1. The van der Waals surface area contributed by atoms with Crippen molar-refractivity contribution in [2.24, 2.45) is 0 Å². The summed E-state index contributed by atoms with van der Waals surface area (Å²) in [5, 5.41) is 15.1. The summed E-state index contributed by atoms with van der Waals surface area (Å²) in [6.07, 6.45) is 1.59. The van der Waals surface area contributed by atoms with Gasteiger partial charge in [-0.3, -0.25) is 4.79 Å². The minimum absolute atomic E-state index is 0.259. The highest BCUT2D eigenvalue weighted by Crippen LogP contribution is 2.27. The Hall–Kier alpha value is -4.05. The van der Waals surface area contributed by atoms with Crippen molar-refractivity contribution in [3.63, 3.8) is 0 Å². The second kappa shape index (κ2) is 9.24. The molecule has 146 valence electrons. The van der Waals surface area contributed by atoms with E-state index in [1.807, 2.05) is 24.3 Å². The van der Waals surface area contributed by atoms with Gasteiger partial charge in [0.25, 0.3) is 5.91 Å². The number of hydrogen-bond acceptors (Lipinski definition) is 6. The molecule has 1 amide bonds.